The summed E-state index contributed by atoms with van der Waals surface area (Å²) in [5.41, 5.74) is -0.341. The zero-order valence-electron chi connectivity index (χ0n) is 9.86. The summed E-state index contributed by atoms with van der Waals surface area (Å²) in [6.07, 6.45) is -2.10. The summed E-state index contributed by atoms with van der Waals surface area (Å²) in [6.45, 7) is 1.74. The standard InChI is InChI=1S/C13H15ClF3N/c14-12-3-1-2-11(13(15,16)17)10(12)8-9-4-6-18-7-5-9/h1-3,9,18H,4-8H2. The smallest absolute Gasteiger partial charge is 0.317 e. The van der Waals surface area contributed by atoms with E-state index in [9.17, 15) is 13.2 Å². The average Bonchev–Trinajstić information content (AvgIpc) is 2.32. The van der Waals surface area contributed by atoms with Crippen molar-refractivity contribution < 1.29 is 13.2 Å². The zero-order chi connectivity index (χ0) is 13.2. The highest BCUT2D eigenvalue weighted by molar-refractivity contribution is 6.31. The maximum atomic E-state index is 12.9. The van der Waals surface area contributed by atoms with Crippen LogP contribution in [-0.2, 0) is 12.6 Å². The van der Waals surface area contributed by atoms with Crippen LogP contribution in [0.25, 0.3) is 0 Å². The molecule has 0 amide bonds. The molecule has 1 N–H and O–H groups in total. The molecular formula is C13H15ClF3N. The Labute approximate surface area is 109 Å². The molecule has 18 heavy (non-hydrogen) atoms. The highest BCUT2D eigenvalue weighted by atomic mass is 35.5. The van der Waals surface area contributed by atoms with Gasteiger partial charge in [-0.1, -0.05) is 17.7 Å². The van der Waals surface area contributed by atoms with Crippen LogP contribution in [0.2, 0.25) is 5.02 Å². The fourth-order valence-electron chi connectivity index (χ4n) is 2.41. The van der Waals surface area contributed by atoms with Gasteiger partial charge in [0.2, 0.25) is 0 Å². The van der Waals surface area contributed by atoms with Crippen molar-refractivity contribution in [3.63, 3.8) is 0 Å². The second kappa shape index (κ2) is 5.49. The Kier molecular flexibility index (Phi) is 4.17. The van der Waals surface area contributed by atoms with Gasteiger partial charge in [-0.05, 0) is 56.0 Å². The molecule has 1 aliphatic rings. The third kappa shape index (κ3) is 3.18. The quantitative estimate of drug-likeness (QED) is 0.864. The molecule has 0 aromatic heterocycles. The van der Waals surface area contributed by atoms with Crippen LogP contribution in [0.5, 0.6) is 0 Å². The molecule has 0 bridgehead atoms. The van der Waals surface area contributed by atoms with Crippen LogP contribution in [0.1, 0.15) is 24.0 Å². The fourth-order valence-corrected chi connectivity index (χ4v) is 2.66. The van der Waals surface area contributed by atoms with E-state index in [0.717, 1.165) is 32.0 Å². The normalized spacial score (nSPS) is 18.0. The van der Waals surface area contributed by atoms with Gasteiger partial charge in [0.25, 0.3) is 0 Å². The molecule has 0 unspecified atom stereocenters. The van der Waals surface area contributed by atoms with E-state index in [-0.39, 0.29) is 16.5 Å². The van der Waals surface area contributed by atoms with E-state index in [2.05, 4.69) is 5.32 Å². The molecule has 1 nitrogen and oxygen atoms in total. The van der Waals surface area contributed by atoms with E-state index >= 15 is 0 Å². The van der Waals surface area contributed by atoms with Gasteiger partial charge in [0.1, 0.15) is 0 Å². The van der Waals surface area contributed by atoms with Gasteiger partial charge in [-0.3, -0.25) is 0 Å². The summed E-state index contributed by atoms with van der Waals surface area (Å²) in [6, 6.07) is 4.01. The molecular weight excluding hydrogens is 263 g/mol. The maximum Gasteiger partial charge on any atom is 0.416 e. The van der Waals surface area contributed by atoms with Gasteiger partial charge >= 0.3 is 6.18 Å². The molecule has 1 aromatic rings. The number of benzene rings is 1. The molecule has 1 saturated heterocycles. The Bertz CT molecular complexity index is 411. The van der Waals surface area contributed by atoms with Crippen molar-refractivity contribution in [2.24, 2.45) is 5.92 Å². The molecule has 5 heteroatoms. The first-order valence-electron chi connectivity index (χ1n) is 6.04. The van der Waals surface area contributed by atoms with Gasteiger partial charge in [-0.2, -0.15) is 13.2 Å². The third-order valence-electron chi connectivity index (χ3n) is 3.38. The van der Waals surface area contributed by atoms with Crippen LogP contribution in [0, 0.1) is 5.92 Å². The molecule has 2 rings (SSSR count). The van der Waals surface area contributed by atoms with E-state index < -0.39 is 11.7 Å². The Hall–Kier alpha value is -0.740. The molecule has 1 heterocycles. The van der Waals surface area contributed by atoms with Crippen LogP contribution in [0.3, 0.4) is 0 Å². The summed E-state index contributed by atoms with van der Waals surface area (Å²) in [5, 5.41) is 3.43. The molecule has 0 atom stereocenters. The summed E-state index contributed by atoms with van der Waals surface area (Å²) in [5.74, 6) is 0.284. The van der Waals surface area contributed by atoms with Crippen molar-refractivity contribution in [2.75, 3.05) is 13.1 Å². The van der Waals surface area contributed by atoms with Crippen molar-refractivity contribution in [3.05, 3.63) is 34.3 Å². The highest BCUT2D eigenvalue weighted by Crippen LogP contribution is 2.36. The van der Waals surface area contributed by atoms with Crippen molar-refractivity contribution in [3.8, 4) is 0 Å². The second-order valence-corrected chi connectivity index (χ2v) is 5.07. The molecule has 0 radical (unpaired) electrons. The molecule has 0 spiro atoms. The summed E-state index contributed by atoms with van der Waals surface area (Å²) in [4.78, 5) is 0. The minimum absolute atomic E-state index is 0.225. The lowest BCUT2D eigenvalue weighted by Crippen LogP contribution is -2.29. The van der Waals surface area contributed by atoms with Gasteiger partial charge in [0, 0.05) is 5.02 Å². The number of hydrogen-bond donors (Lipinski definition) is 1. The van der Waals surface area contributed by atoms with Gasteiger partial charge in [0.15, 0.2) is 0 Å². The van der Waals surface area contributed by atoms with Crippen LogP contribution in [0.15, 0.2) is 18.2 Å². The maximum absolute atomic E-state index is 12.9. The third-order valence-corrected chi connectivity index (χ3v) is 3.73. The minimum atomic E-state index is -4.33. The number of nitrogens with one attached hydrogen (secondary N) is 1. The van der Waals surface area contributed by atoms with Gasteiger partial charge in [0.05, 0.1) is 5.56 Å². The minimum Gasteiger partial charge on any atom is -0.317 e. The van der Waals surface area contributed by atoms with Gasteiger partial charge in [-0.15, -0.1) is 0 Å². The van der Waals surface area contributed by atoms with Crippen LogP contribution in [-0.4, -0.2) is 13.1 Å². The average molecular weight is 278 g/mol. The predicted molar refractivity (Wildman–Crippen MR) is 65.8 cm³/mol. The number of rotatable bonds is 2. The monoisotopic (exact) mass is 277 g/mol. The predicted octanol–water partition coefficient (Wildman–Crippen LogP) is 3.90. The van der Waals surface area contributed by atoms with E-state index in [1.807, 2.05) is 0 Å². The zero-order valence-corrected chi connectivity index (χ0v) is 10.6. The van der Waals surface area contributed by atoms with Crippen molar-refractivity contribution >= 4 is 11.6 Å². The number of hydrogen-bond acceptors (Lipinski definition) is 1. The van der Waals surface area contributed by atoms with E-state index in [1.54, 1.807) is 0 Å². The lowest BCUT2D eigenvalue weighted by Gasteiger charge is -2.24. The molecule has 1 aliphatic heterocycles. The van der Waals surface area contributed by atoms with Gasteiger partial charge in [-0.25, -0.2) is 0 Å². The van der Waals surface area contributed by atoms with Crippen molar-refractivity contribution in [1.29, 1.82) is 0 Å². The molecule has 1 fully saturated rings. The van der Waals surface area contributed by atoms with Crippen molar-refractivity contribution in [2.45, 2.75) is 25.4 Å². The van der Waals surface area contributed by atoms with E-state index in [1.165, 1.54) is 12.1 Å². The Balaban J connectivity index is 2.25. The fraction of sp³-hybridized carbons (Fsp3) is 0.538. The molecule has 0 saturated carbocycles. The topological polar surface area (TPSA) is 12.0 Å². The van der Waals surface area contributed by atoms with E-state index in [0.29, 0.717) is 6.42 Å². The largest absolute Gasteiger partial charge is 0.416 e. The Morgan fingerprint density at radius 1 is 1.22 bits per heavy atom. The summed E-state index contributed by atoms with van der Waals surface area (Å²) >= 11 is 5.94. The first-order valence-corrected chi connectivity index (χ1v) is 6.41. The van der Waals surface area contributed by atoms with Crippen LogP contribution >= 0.6 is 11.6 Å². The van der Waals surface area contributed by atoms with Crippen LogP contribution in [0.4, 0.5) is 13.2 Å². The highest BCUT2D eigenvalue weighted by Gasteiger charge is 2.34. The first-order chi connectivity index (χ1) is 8.48. The van der Waals surface area contributed by atoms with Crippen LogP contribution < -0.4 is 5.32 Å². The van der Waals surface area contributed by atoms with Gasteiger partial charge < -0.3 is 5.32 Å². The number of piperidine rings is 1. The second-order valence-electron chi connectivity index (χ2n) is 4.66. The lowest BCUT2D eigenvalue weighted by atomic mass is 9.89. The summed E-state index contributed by atoms with van der Waals surface area (Å²) in [7, 11) is 0. The van der Waals surface area contributed by atoms with E-state index in [4.69, 9.17) is 11.6 Å². The molecule has 1 aromatic carbocycles. The lowest BCUT2D eigenvalue weighted by molar-refractivity contribution is -0.138. The van der Waals surface area contributed by atoms with Crippen molar-refractivity contribution in [1.82, 2.24) is 5.32 Å². The number of alkyl halides is 3. The Morgan fingerprint density at radius 3 is 2.50 bits per heavy atom. The Morgan fingerprint density at radius 2 is 1.89 bits per heavy atom. The number of halogens is 4. The first kappa shape index (κ1) is 13.7. The molecule has 0 aliphatic carbocycles. The SMILES string of the molecule is FC(F)(F)c1cccc(Cl)c1CC1CCNCC1. The molecule has 100 valence electrons. The summed E-state index contributed by atoms with van der Waals surface area (Å²) < 4.78 is 38.7.